The summed E-state index contributed by atoms with van der Waals surface area (Å²) >= 11 is 1.74. The van der Waals surface area contributed by atoms with Gasteiger partial charge in [-0.3, -0.25) is 4.79 Å². The summed E-state index contributed by atoms with van der Waals surface area (Å²) in [5.74, 6) is 0.243. The first-order chi connectivity index (χ1) is 11.6. The Morgan fingerprint density at radius 3 is 2.62 bits per heavy atom. The molecule has 0 radical (unpaired) electrons. The zero-order chi connectivity index (χ0) is 16.9. The Balaban J connectivity index is 1.43. The van der Waals surface area contributed by atoms with Crippen LogP contribution in [0.5, 0.6) is 6.01 Å². The minimum atomic E-state index is 0.0938. The maximum Gasteiger partial charge on any atom is 0.316 e. The van der Waals surface area contributed by atoms with Crippen molar-refractivity contribution in [2.24, 2.45) is 0 Å². The Labute approximate surface area is 146 Å². The van der Waals surface area contributed by atoms with Crippen molar-refractivity contribution in [2.45, 2.75) is 45.6 Å². The molecule has 2 aromatic heterocycles. The number of amides is 1. The Bertz CT molecular complexity index is 676. The fraction of sp³-hybridized carbons (Fsp3) is 0.500. The van der Waals surface area contributed by atoms with Crippen LogP contribution in [0.1, 0.15) is 35.3 Å². The smallest absolute Gasteiger partial charge is 0.316 e. The van der Waals surface area contributed by atoms with Crippen LogP contribution in [-0.2, 0) is 11.2 Å². The van der Waals surface area contributed by atoms with Crippen LogP contribution in [0.2, 0.25) is 0 Å². The Hall–Kier alpha value is -1.95. The van der Waals surface area contributed by atoms with E-state index in [0.717, 1.165) is 37.9 Å². The highest BCUT2D eigenvalue weighted by Crippen LogP contribution is 2.20. The third kappa shape index (κ3) is 4.32. The first kappa shape index (κ1) is 16.9. The van der Waals surface area contributed by atoms with E-state index < -0.39 is 0 Å². The van der Waals surface area contributed by atoms with Crippen LogP contribution >= 0.6 is 11.3 Å². The summed E-state index contributed by atoms with van der Waals surface area (Å²) in [4.78, 5) is 24.0. The standard InChI is InChI=1S/C18H23N3O2S/c1-13-11-19-18(20-12-13)23-15-5-8-21(9-6-15)17(22)4-3-16-14(2)7-10-24-16/h7,10-12,15H,3-6,8-9H2,1-2H3. The summed E-state index contributed by atoms with van der Waals surface area (Å²) in [7, 11) is 0. The van der Waals surface area contributed by atoms with E-state index in [1.54, 1.807) is 23.7 Å². The zero-order valence-corrected chi connectivity index (χ0v) is 15.0. The van der Waals surface area contributed by atoms with Crippen LogP contribution in [0.25, 0.3) is 0 Å². The second-order valence-corrected chi connectivity index (χ2v) is 7.27. The number of ether oxygens (including phenoxy) is 1. The summed E-state index contributed by atoms with van der Waals surface area (Å²) in [5, 5.41) is 2.09. The van der Waals surface area contributed by atoms with Crippen LogP contribution in [0.15, 0.2) is 23.8 Å². The Morgan fingerprint density at radius 1 is 1.29 bits per heavy atom. The number of carbonyl (C=O) groups is 1. The van der Waals surface area contributed by atoms with Crippen molar-refractivity contribution in [3.8, 4) is 6.01 Å². The average molecular weight is 345 g/mol. The lowest BCUT2D eigenvalue weighted by atomic mass is 10.1. The van der Waals surface area contributed by atoms with E-state index in [1.165, 1.54) is 10.4 Å². The van der Waals surface area contributed by atoms with Crippen molar-refractivity contribution in [3.63, 3.8) is 0 Å². The topological polar surface area (TPSA) is 55.3 Å². The zero-order valence-electron chi connectivity index (χ0n) is 14.2. The molecule has 1 fully saturated rings. The largest absolute Gasteiger partial charge is 0.460 e. The van der Waals surface area contributed by atoms with Crippen LogP contribution in [-0.4, -0.2) is 40.0 Å². The maximum absolute atomic E-state index is 12.4. The molecule has 1 saturated heterocycles. The molecule has 0 bridgehead atoms. The lowest BCUT2D eigenvalue weighted by molar-refractivity contribution is -0.132. The maximum atomic E-state index is 12.4. The highest BCUT2D eigenvalue weighted by Gasteiger charge is 2.24. The molecule has 0 aromatic carbocycles. The van der Waals surface area contributed by atoms with Gasteiger partial charge in [0.1, 0.15) is 6.10 Å². The second-order valence-electron chi connectivity index (χ2n) is 6.27. The molecule has 24 heavy (non-hydrogen) atoms. The van der Waals surface area contributed by atoms with Gasteiger partial charge >= 0.3 is 6.01 Å². The predicted molar refractivity (Wildman–Crippen MR) is 94.4 cm³/mol. The molecule has 1 amide bonds. The molecule has 2 aromatic rings. The number of hydrogen-bond acceptors (Lipinski definition) is 5. The molecule has 1 aliphatic rings. The van der Waals surface area contributed by atoms with E-state index in [1.807, 2.05) is 11.8 Å². The van der Waals surface area contributed by atoms with Gasteiger partial charge in [0, 0.05) is 49.6 Å². The molecule has 6 heteroatoms. The average Bonchev–Trinajstić information content (AvgIpc) is 3.00. The van der Waals surface area contributed by atoms with Gasteiger partial charge in [0.05, 0.1) is 0 Å². The highest BCUT2D eigenvalue weighted by molar-refractivity contribution is 7.10. The van der Waals surface area contributed by atoms with E-state index in [9.17, 15) is 4.79 Å². The van der Waals surface area contributed by atoms with E-state index in [4.69, 9.17) is 4.74 Å². The van der Waals surface area contributed by atoms with Crippen molar-refractivity contribution in [3.05, 3.63) is 39.8 Å². The third-order valence-electron chi connectivity index (χ3n) is 4.36. The van der Waals surface area contributed by atoms with Gasteiger partial charge < -0.3 is 9.64 Å². The fourth-order valence-corrected chi connectivity index (χ4v) is 3.76. The first-order valence-corrected chi connectivity index (χ1v) is 9.26. The van der Waals surface area contributed by atoms with Crippen molar-refractivity contribution in [1.82, 2.24) is 14.9 Å². The van der Waals surface area contributed by atoms with Gasteiger partial charge in [0.25, 0.3) is 0 Å². The minimum Gasteiger partial charge on any atom is -0.460 e. The molecule has 0 spiro atoms. The summed E-state index contributed by atoms with van der Waals surface area (Å²) < 4.78 is 5.81. The fourth-order valence-electron chi connectivity index (χ4n) is 2.85. The van der Waals surface area contributed by atoms with E-state index >= 15 is 0 Å². The molecule has 128 valence electrons. The predicted octanol–water partition coefficient (Wildman–Crippen LogP) is 3.16. The van der Waals surface area contributed by atoms with Crippen LogP contribution in [0.3, 0.4) is 0 Å². The molecule has 1 aliphatic heterocycles. The normalized spacial score (nSPS) is 15.5. The molecule has 0 saturated carbocycles. The molecule has 0 aliphatic carbocycles. The number of piperidine rings is 1. The van der Waals surface area contributed by atoms with E-state index in [2.05, 4.69) is 28.3 Å². The van der Waals surface area contributed by atoms with Crippen LogP contribution < -0.4 is 4.74 Å². The number of thiophene rings is 1. The number of hydrogen-bond donors (Lipinski definition) is 0. The number of aromatic nitrogens is 2. The molecule has 3 rings (SSSR count). The summed E-state index contributed by atoms with van der Waals surface area (Å²) in [6, 6.07) is 2.54. The van der Waals surface area contributed by atoms with Gasteiger partial charge in [-0.15, -0.1) is 11.3 Å². The second kappa shape index (κ2) is 7.75. The number of likely N-dealkylation sites (tertiary alicyclic amines) is 1. The van der Waals surface area contributed by atoms with Gasteiger partial charge in [0.15, 0.2) is 0 Å². The molecule has 3 heterocycles. The molecule has 0 unspecified atom stereocenters. The van der Waals surface area contributed by atoms with Crippen LogP contribution in [0, 0.1) is 13.8 Å². The van der Waals surface area contributed by atoms with Gasteiger partial charge in [0.2, 0.25) is 5.91 Å². The molecular formula is C18H23N3O2S. The van der Waals surface area contributed by atoms with Gasteiger partial charge in [-0.2, -0.15) is 0 Å². The number of rotatable bonds is 5. The summed E-state index contributed by atoms with van der Waals surface area (Å²) in [6.45, 7) is 5.55. The molecule has 0 N–H and O–H groups in total. The minimum absolute atomic E-state index is 0.0938. The lowest BCUT2D eigenvalue weighted by Gasteiger charge is -2.31. The molecular weight excluding hydrogens is 322 g/mol. The monoisotopic (exact) mass is 345 g/mol. The van der Waals surface area contributed by atoms with E-state index in [0.29, 0.717) is 12.4 Å². The van der Waals surface area contributed by atoms with Crippen molar-refractivity contribution in [1.29, 1.82) is 0 Å². The van der Waals surface area contributed by atoms with Crippen molar-refractivity contribution < 1.29 is 9.53 Å². The third-order valence-corrected chi connectivity index (χ3v) is 5.44. The van der Waals surface area contributed by atoms with Crippen molar-refractivity contribution >= 4 is 17.2 Å². The molecule has 5 nitrogen and oxygen atoms in total. The number of carbonyl (C=O) groups excluding carboxylic acids is 1. The summed E-state index contributed by atoms with van der Waals surface area (Å²) in [5.41, 5.74) is 2.31. The first-order valence-electron chi connectivity index (χ1n) is 8.38. The van der Waals surface area contributed by atoms with Gasteiger partial charge in [-0.1, -0.05) is 0 Å². The SMILES string of the molecule is Cc1cnc(OC2CCN(C(=O)CCc3sccc3C)CC2)nc1. The number of aryl methyl sites for hydroxylation is 3. The number of nitrogens with zero attached hydrogens (tertiary/aromatic N) is 3. The highest BCUT2D eigenvalue weighted by atomic mass is 32.1. The van der Waals surface area contributed by atoms with Crippen molar-refractivity contribution in [2.75, 3.05) is 13.1 Å². The van der Waals surface area contributed by atoms with Gasteiger partial charge in [-0.25, -0.2) is 9.97 Å². The quantitative estimate of drug-likeness (QED) is 0.835. The Kier molecular flexibility index (Phi) is 5.45. The lowest BCUT2D eigenvalue weighted by Crippen LogP contribution is -2.42. The molecule has 0 atom stereocenters. The Morgan fingerprint density at radius 2 is 2.00 bits per heavy atom. The van der Waals surface area contributed by atoms with Gasteiger partial charge in [-0.05, 0) is 42.8 Å². The summed E-state index contributed by atoms with van der Waals surface area (Å²) in [6.07, 6.45) is 6.71. The van der Waals surface area contributed by atoms with Crippen LogP contribution in [0.4, 0.5) is 0 Å². The van der Waals surface area contributed by atoms with E-state index in [-0.39, 0.29) is 12.0 Å².